The molecule has 40 heavy (non-hydrogen) atoms. The summed E-state index contributed by atoms with van der Waals surface area (Å²) < 4.78 is 10.4. The molecule has 2 N–H and O–H groups in total. The minimum Gasteiger partial charge on any atom is -0.461 e. The van der Waals surface area contributed by atoms with Crippen LogP contribution in [-0.2, 0) is 30.3 Å². The monoisotopic (exact) mass is 558 g/mol. The predicted octanol–water partition coefficient (Wildman–Crippen LogP) is 5.69. The molecule has 3 fully saturated rings. The minimum absolute atomic E-state index is 0.0119. The number of rotatable bonds is 5. The molecule has 0 aromatic carbocycles. The summed E-state index contributed by atoms with van der Waals surface area (Å²) in [6.07, 6.45) is 9.53. The van der Waals surface area contributed by atoms with Crippen LogP contribution in [0, 0.1) is 34.5 Å². The molecule has 0 radical (unpaired) electrons. The Morgan fingerprint density at radius 2 is 1.82 bits per heavy atom. The van der Waals surface area contributed by atoms with E-state index in [4.69, 9.17) is 4.74 Å². The molecule has 5 rings (SSSR count). The Morgan fingerprint density at radius 1 is 1.15 bits per heavy atom. The number of aliphatic hydroxyl groups excluding tert-OH is 1. The van der Waals surface area contributed by atoms with Gasteiger partial charge in [0.25, 0.3) is 0 Å². The number of ether oxygens (including phenoxy) is 2. The fraction of sp³-hybridized carbons (Fsp3) is 0.750. The van der Waals surface area contributed by atoms with Crippen LogP contribution in [0.15, 0.2) is 11.8 Å². The topological polar surface area (TPSA) is 119 Å². The van der Waals surface area contributed by atoms with E-state index in [1.807, 2.05) is 27.0 Å². The van der Waals surface area contributed by atoms with Gasteiger partial charge in [0.15, 0.2) is 5.78 Å². The molecule has 4 aliphatic rings. The molecule has 1 aromatic rings. The van der Waals surface area contributed by atoms with Crippen LogP contribution in [0.5, 0.6) is 0 Å². The molecule has 0 spiro atoms. The molecule has 0 aliphatic heterocycles. The number of hydrogen-bond donors (Lipinski definition) is 2. The number of H-pyrrole nitrogens is 1. The Morgan fingerprint density at radius 3 is 2.45 bits per heavy atom. The molecule has 4 aliphatic carbocycles. The number of carbonyl (C=O) groups is 3. The number of hydrogen-bond acceptors (Lipinski definition) is 7. The van der Waals surface area contributed by atoms with Gasteiger partial charge in [-0.25, -0.2) is 0 Å². The summed E-state index contributed by atoms with van der Waals surface area (Å²) in [5.74, 6) is 1.03. The van der Waals surface area contributed by atoms with Crippen molar-refractivity contribution >= 4 is 23.8 Å². The van der Waals surface area contributed by atoms with Crippen molar-refractivity contribution in [3.05, 3.63) is 23.0 Å². The van der Waals surface area contributed by atoms with Crippen LogP contribution in [0.25, 0.3) is 6.08 Å². The standard InChI is InChI=1S/C24H34N2O3.C6H10O3.C2H6/c1-5-20(28)29-22-13(2)8-17-16-7-6-15-9-18-14(12-25-26-18)10-23(15,3)21(16)19(27)11-24(17,22)4;1-3-6(8)9-4-5(2)7;1-2/h9,12-13,16-17,19,21-22,27H,5-8,10-11H2,1-4H3,(H,25,26);3-4H2,1-2H3;1-2H3/t13?,16?,17?,19?,21?,22-,23?,24?;;/m1../s1. The van der Waals surface area contributed by atoms with Gasteiger partial charge in [-0.15, -0.1) is 0 Å². The number of nitrogens with one attached hydrogen (secondary N) is 1. The zero-order chi connectivity index (χ0) is 29.8. The highest BCUT2D eigenvalue weighted by atomic mass is 16.5. The van der Waals surface area contributed by atoms with E-state index in [1.54, 1.807) is 6.92 Å². The van der Waals surface area contributed by atoms with Gasteiger partial charge in [-0.3, -0.25) is 19.5 Å². The van der Waals surface area contributed by atoms with Crippen LogP contribution in [-0.4, -0.2) is 51.8 Å². The number of ketones is 1. The van der Waals surface area contributed by atoms with E-state index in [9.17, 15) is 19.5 Å². The average molecular weight is 559 g/mol. The summed E-state index contributed by atoms with van der Waals surface area (Å²) in [5.41, 5.74) is 3.75. The first-order valence-electron chi connectivity index (χ1n) is 15.2. The Bertz CT molecular complexity index is 1090. The molecular weight excluding hydrogens is 508 g/mol. The molecule has 0 bridgehead atoms. The maximum atomic E-state index is 12.1. The minimum atomic E-state index is -0.364. The third-order valence-corrected chi connectivity index (χ3v) is 9.80. The number of aromatic nitrogens is 2. The van der Waals surface area contributed by atoms with Gasteiger partial charge in [0.2, 0.25) is 0 Å². The molecule has 0 amide bonds. The lowest BCUT2D eigenvalue weighted by Gasteiger charge is -2.59. The van der Waals surface area contributed by atoms with Gasteiger partial charge in [-0.2, -0.15) is 5.10 Å². The van der Waals surface area contributed by atoms with Crippen molar-refractivity contribution in [2.45, 2.75) is 113 Å². The second kappa shape index (κ2) is 13.0. The van der Waals surface area contributed by atoms with Crippen LogP contribution < -0.4 is 0 Å². The van der Waals surface area contributed by atoms with Gasteiger partial charge in [-0.05, 0) is 79.8 Å². The molecule has 8 nitrogen and oxygen atoms in total. The number of allylic oxidation sites excluding steroid dienone is 1. The highest BCUT2D eigenvalue weighted by Crippen LogP contribution is 2.66. The molecule has 3 saturated carbocycles. The van der Waals surface area contributed by atoms with E-state index in [-0.39, 0.29) is 53.3 Å². The summed E-state index contributed by atoms with van der Waals surface area (Å²) in [6.45, 7) is 15.7. The van der Waals surface area contributed by atoms with E-state index in [0.717, 1.165) is 37.8 Å². The number of esters is 2. The third kappa shape index (κ3) is 6.07. The van der Waals surface area contributed by atoms with E-state index >= 15 is 0 Å². The average Bonchev–Trinajstić information content (AvgIpc) is 3.47. The highest BCUT2D eigenvalue weighted by Gasteiger charge is 2.64. The first-order chi connectivity index (χ1) is 18.9. The Kier molecular flexibility index (Phi) is 10.4. The van der Waals surface area contributed by atoms with Crippen LogP contribution in [0.2, 0.25) is 0 Å². The zero-order valence-electron chi connectivity index (χ0n) is 25.7. The van der Waals surface area contributed by atoms with Crippen LogP contribution in [0.1, 0.15) is 105 Å². The second-order valence-electron chi connectivity index (χ2n) is 12.4. The number of fused-ring (bicyclic) bond motifs is 6. The molecule has 7 unspecified atom stereocenters. The number of nitrogens with zero attached hydrogens (tertiary/aromatic N) is 1. The van der Waals surface area contributed by atoms with E-state index in [0.29, 0.717) is 30.6 Å². The summed E-state index contributed by atoms with van der Waals surface area (Å²) in [4.78, 5) is 32.7. The molecule has 0 saturated heterocycles. The second-order valence-corrected chi connectivity index (χ2v) is 12.4. The van der Waals surface area contributed by atoms with Crippen LogP contribution in [0.3, 0.4) is 0 Å². The van der Waals surface area contributed by atoms with Crippen molar-refractivity contribution in [3.8, 4) is 0 Å². The van der Waals surface area contributed by atoms with Crippen molar-refractivity contribution in [3.63, 3.8) is 0 Å². The number of aromatic amines is 1. The molecule has 8 heteroatoms. The van der Waals surface area contributed by atoms with Crippen LogP contribution >= 0.6 is 0 Å². The lowest BCUT2D eigenvalue weighted by atomic mass is 9.46. The van der Waals surface area contributed by atoms with Crippen molar-refractivity contribution in [1.82, 2.24) is 10.2 Å². The van der Waals surface area contributed by atoms with Gasteiger partial charge < -0.3 is 14.6 Å². The quantitative estimate of drug-likeness (QED) is 0.446. The predicted molar refractivity (Wildman–Crippen MR) is 154 cm³/mol. The van der Waals surface area contributed by atoms with Crippen molar-refractivity contribution in [2.75, 3.05) is 6.61 Å². The van der Waals surface area contributed by atoms with E-state index in [2.05, 4.69) is 41.8 Å². The van der Waals surface area contributed by atoms with Gasteiger partial charge in [0, 0.05) is 18.3 Å². The van der Waals surface area contributed by atoms with Crippen LogP contribution in [0.4, 0.5) is 0 Å². The first kappa shape index (κ1) is 32.0. The van der Waals surface area contributed by atoms with Gasteiger partial charge in [0.05, 0.1) is 18.0 Å². The summed E-state index contributed by atoms with van der Waals surface area (Å²) >= 11 is 0. The first-order valence-corrected chi connectivity index (χ1v) is 15.2. The number of aliphatic hydroxyl groups is 1. The Labute approximate surface area is 239 Å². The molecular formula is C32H50N2O6. The molecule has 8 atom stereocenters. The summed E-state index contributed by atoms with van der Waals surface area (Å²) in [7, 11) is 0. The maximum absolute atomic E-state index is 12.1. The molecule has 224 valence electrons. The summed E-state index contributed by atoms with van der Waals surface area (Å²) in [5, 5.41) is 18.9. The fourth-order valence-electron chi connectivity index (χ4n) is 8.18. The van der Waals surface area contributed by atoms with Gasteiger partial charge in [0.1, 0.15) is 12.7 Å². The lowest BCUT2D eigenvalue weighted by Crippen LogP contribution is -2.57. The molecule has 1 heterocycles. The van der Waals surface area contributed by atoms with Gasteiger partial charge in [-0.1, -0.05) is 54.0 Å². The SMILES string of the molecule is CC.CCC(=O)OCC(C)=O.CCC(=O)O[C@@H]1C(C)CC2C3CCC4=Cc5[nH]ncc5CC4(C)C3C(O)CC21C. The number of Topliss-reactive ketones (excluding diaryl/α,β-unsaturated/α-hetero) is 1. The van der Waals surface area contributed by atoms with Gasteiger partial charge >= 0.3 is 11.9 Å². The van der Waals surface area contributed by atoms with E-state index < -0.39 is 0 Å². The fourth-order valence-corrected chi connectivity index (χ4v) is 8.18. The van der Waals surface area contributed by atoms with E-state index in [1.165, 1.54) is 18.1 Å². The smallest absolute Gasteiger partial charge is 0.305 e. The lowest BCUT2D eigenvalue weighted by molar-refractivity contribution is -0.172. The Balaban J connectivity index is 0.000000345. The Hall–Kier alpha value is -2.48. The number of carbonyl (C=O) groups excluding carboxylic acids is 3. The largest absolute Gasteiger partial charge is 0.461 e. The molecule has 1 aromatic heterocycles. The van der Waals surface area contributed by atoms with Crippen molar-refractivity contribution in [1.29, 1.82) is 0 Å². The van der Waals surface area contributed by atoms with Crippen molar-refractivity contribution in [2.24, 2.45) is 34.5 Å². The maximum Gasteiger partial charge on any atom is 0.305 e. The normalized spacial score (nSPS) is 35.1. The van der Waals surface area contributed by atoms with Crippen molar-refractivity contribution < 1.29 is 29.0 Å². The highest BCUT2D eigenvalue weighted by molar-refractivity contribution is 5.80. The third-order valence-electron chi connectivity index (χ3n) is 9.80. The summed E-state index contributed by atoms with van der Waals surface area (Å²) in [6, 6.07) is 0. The zero-order valence-corrected chi connectivity index (χ0v) is 25.7.